The highest BCUT2D eigenvalue weighted by molar-refractivity contribution is 5.68. The molecule has 14 nitrogen and oxygen atoms in total. The van der Waals surface area contributed by atoms with E-state index in [1.54, 1.807) is 0 Å². The van der Waals surface area contributed by atoms with Crippen LogP contribution in [-0.2, 0) is 57.1 Å². The third kappa shape index (κ3) is 7.56. The normalized spacial score (nSPS) is 37.1. The van der Waals surface area contributed by atoms with Crippen LogP contribution in [0.25, 0.3) is 0 Å². The highest BCUT2D eigenvalue weighted by atomic mass is 16.8. The third-order valence-electron chi connectivity index (χ3n) is 5.25. The Morgan fingerprint density at radius 3 is 1.77 bits per heavy atom. The van der Waals surface area contributed by atoms with Crippen LogP contribution in [-0.4, -0.2) is 109 Å². The average Bonchev–Trinajstić information content (AvgIpc) is 2.75. The predicted molar refractivity (Wildman–Crippen MR) is 110 cm³/mol. The minimum Gasteiger partial charge on any atom is -0.463 e. The second-order valence-electron chi connectivity index (χ2n) is 8.09. The molecule has 0 aromatic carbocycles. The maximum atomic E-state index is 11.8. The summed E-state index contributed by atoms with van der Waals surface area (Å²) in [5, 5.41) is 21.2. The van der Waals surface area contributed by atoms with Crippen LogP contribution < -0.4 is 0 Å². The number of aliphatic hydroxyl groups is 2. The highest BCUT2D eigenvalue weighted by Crippen LogP contribution is 2.33. The Balaban J connectivity index is 2.32. The van der Waals surface area contributed by atoms with Gasteiger partial charge in [-0.1, -0.05) is 0 Å². The fourth-order valence-corrected chi connectivity index (χ4v) is 3.81. The van der Waals surface area contributed by atoms with E-state index in [9.17, 15) is 29.4 Å². The average molecular weight is 508 g/mol. The summed E-state index contributed by atoms with van der Waals surface area (Å²) >= 11 is 0. The molecule has 2 aliphatic rings. The van der Waals surface area contributed by atoms with E-state index in [2.05, 4.69) is 0 Å². The van der Waals surface area contributed by atoms with E-state index in [1.165, 1.54) is 21.0 Å². The zero-order chi connectivity index (χ0) is 26.4. The lowest BCUT2D eigenvalue weighted by Crippen LogP contribution is -2.65. The summed E-state index contributed by atoms with van der Waals surface area (Å²) in [4.78, 5) is 46.3. The van der Waals surface area contributed by atoms with Crippen molar-refractivity contribution >= 4 is 23.9 Å². The molecule has 0 aromatic rings. The number of carbonyl (C=O) groups excluding carboxylic acids is 4. The molecule has 2 aliphatic heterocycles. The van der Waals surface area contributed by atoms with Gasteiger partial charge in [0.1, 0.15) is 31.0 Å². The first-order valence-corrected chi connectivity index (χ1v) is 10.9. The fourth-order valence-electron chi connectivity index (χ4n) is 3.81. The highest BCUT2D eigenvalue weighted by Gasteiger charge is 2.54. The molecular formula is C21H32O14. The molecule has 2 heterocycles. The van der Waals surface area contributed by atoms with Crippen molar-refractivity contribution in [1.29, 1.82) is 0 Å². The van der Waals surface area contributed by atoms with Crippen LogP contribution in [0.5, 0.6) is 0 Å². The molecule has 0 aliphatic carbocycles. The van der Waals surface area contributed by atoms with Crippen molar-refractivity contribution in [2.45, 2.75) is 96.0 Å². The van der Waals surface area contributed by atoms with Crippen molar-refractivity contribution in [3.63, 3.8) is 0 Å². The number of methoxy groups -OCH3 is 1. The summed E-state index contributed by atoms with van der Waals surface area (Å²) in [5.41, 5.74) is 0. The Hall–Kier alpha value is -2.36. The quantitative estimate of drug-likeness (QED) is 0.287. The van der Waals surface area contributed by atoms with Gasteiger partial charge in [0.2, 0.25) is 0 Å². The molecule has 0 radical (unpaired) electrons. The van der Waals surface area contributed by atoms with Crippen LogP contribution in [0.4, 0.5) is 0 Å². The minimum atomic E-state index is -1.62. The second-order valence-corrected chi connectivity index (χ2v) is 8.09. The van der Waals surface area contributed by atoms with E-state index in [0.717, 1.165) is 20.8 Å². The number of carbonyl (C=O) groups is 4. The molecule has 0 amide bonds. The lowest BCUT2D eigenvalue weighted by atomic mass is 9.97. The Bertz CT molecular complexity index is 769. The molecule has 0 spiro atoms. The smallest absolute Gasteiger partial charge is 0.303 e. The molecule has 0 saturated carbocycles. The molecular weight excluding hydrogens is 476 g/mol. The summed E-state index contributed by atoms with van der Waals surface area (Å²) in [6.45, 7) is 5.69. The standard InChI is InChI=1S/C21H32O14/c1-8-16(31-10(3)23)18(32-11(4)24)19(33-12(5)25)21(30-8)35-17-15(27)14(26)13(7-29-9(2)22)34-20(17)28-6/h8,13-21,26-27H,7H2,1-6H3/t8-,13+,14+,15-,16-,17+,18+,19+,20+,21-/m0/s1. The van der Waals surface area contributed by atoms with Crippen molar-refractivity contribution in [1.82, 2.24) is 0 Å². The van der Waals surface area contributed by atoms with Crippen molar-refractivity contribution < 1.29 is 67.3 Å². The topological polar surface area (TPSA) is 183 Å². The Morgan fingerprint density at radius 2 is 1.26 bits per heavy atom. The van der Waals surface area contributed by atoms with Crippen LogP contribution in [0.3, 0.4) is 0 Å². The predicted octanol–water partition coefficient (Wildman–Crippen LogP) is -1.43. The van der Waals surface area contributed by atoms with Crippen LogP contribution in [0.2, 0.25) is 0 Å². The summed E-state index contributed by atoms with van der Waals surface area (Å²) < 4.78 is 43.1. The van der Waals surface area contributed by atoms with Crippen molar-refractivity contribution in [3.8, 4) is 0 Å². The maximum absolute atomic E-state index is 11.8. The van der Waals surface area contributed by atoms with E-state index in [1.807, 2.05) is 0 Å². The van der Waals surface area contributed by atoms with E-state index < -0.39 is 85.3 Å². The minimum absolute atomic E-state index is 0.355. The monoisotopic (exact) mass is 508 g/mol. The lowest BCUT2D eigenvalue weighted by Gasteiger charge is -2.47. The number of hydrogen-bond donors (Lipinski definition) is 2. The van der Waals surface area contributed by atoms with Gasteiger partial charge in [-0.3, -0.25) is 19.2 Å². The maximum Gasteiger partial charge on any atom is 0.303 e. The number of ether oxygens (including phenoxy) is 8. The Morgan fingerprint density at radius 1 is 0.714 bits per heavy atom. The van der Waals surface area contributed by atoms with Crippen LogP contribution in [0.1, 0.15) is 34.6 Å². The molecule has 0 unspecified atom stereocenters. The van der Waals surface area contributed by atoms with Crippen LogP contribution >= 0.6 is 0 Å². The Labute approximate surface area is 201 Å². The number of esters is 4. The fraction of sp³-hybridized carbons (Fsp3) is 0.810. The van der Waals surface area contributed by atoms with Crippen molar-refractivity contribution in [2.24, 2.45) is 0 Å². The zero-order valence-corrected chi connectivity index (χ0v) is 20.3. The van der Waals surface area contributed by atoms with Crippen molar-refractivity contribution in [3.05, 3.63) is 0 Å². The van der Waals surface area contributed by atoms with Gasteiger partial charge in [-0.05, 0) is 6.92 Å². The summed E-state index contributed by atoms with van der Waals surface area (Å²) in [5.74, 6) is -2.85. The van der Waals surface area contributed by atoms with Gasteiger partial charge in [0.15, 0.2) is 30.9 Å². The van der Waals surface area contributed by atoms with E-state index >= 15 is 0 Å². The molecule has 2 rings (SSSR count). The van der Waals surface area contributed by atoms with Gasteiger partial charge in [0.25, 0.3) is 0 Å². The van der Waals surface area contributed by atoms with Gasteiger partial charge in [0, 0.05) is 34.8 Å². The summed E-state index contributed by atoms with van der Waals surface area (Å²) in [6.07, 6.45) is -13.3. The second kappa shape index (κ2) is 12.6. The number of aliphatic hydroxyl groups excluding tert-OH is 2. The zero-order valence-electron chi connectivity index (χ0n) is 20.3. The number of rotatable bonds is 8. The molecule has 14 heteroatoms. The van der Waals surface area contributed by atoms with E-state index in [4.69, 9.17) is 37.9 Å². The van der Waals surface area contributed by atoms with Gasteiger partial charge in [-0.25, -0.2) is 0 Å². The third-order valence-corrected chi connectivity index (χ3v) is 5.25. The molecule has 10 atom stereocenters. The molecule has 2 N–H and O–H groups in total. The summed E-state index contributed by atoms with van der Waals surface area (Å²) in [7, 11) is 1.25. The Kier molecular flexibility index (Phi) is 10.4. The molecule has 0 aromatic heterocycles. The molecule has 200 valence electrons. The van der Waals surface area contributed by atoms with Gasteiger partial charge >= 0.3 is 23.9 Å². The molecule has 0 bridgehead atoms. The van der Waals surface area contributed by atoms with Crippen molar-refractivity contribution in [2.75, 3.05) is 13.7 Å². The molecule has 2 saturated heterocycles. The van der Waals surface area contributed by atoms with Crippen LogP contribution in [0, 0.1) is 0 Å². The molecule has 2 fully saturated rings. The van der Waals surface area contributed by atoms with Gasteiger partial charge in [0.05, 0.1) is 6.10 Å². The largest absolute Gasteiger partial charge is 0.463 e. The van der Waals surface area contributed by atoms with Crippen LogP contribution in [0.15, 0.2) is 0 Å². The van der Waals surface area contributed by atoms with E-state index in [-0.39, 0.29) is 6.61 Å². The van der Waals surface area contributed by atoms with Gasteiger partial charge in [-0.2, -0.15) is 0 Å². The first-order chi connectivity index (χ1) is 16.3. The van der Waals surface area contributed by atoms with Gasteiger partial charge < -0.3 is 48.1 Å². The summed E-state index contributed by atoms with van der Waals surface area (Å²) in [6, 6.07) is 0. The molecule has 35 heavy (non-hydrogen) atoms. The SMILES string of the molecule is CO[C@@H]1O[C@H](COC(C)=O)[C@@H](O)[C@H](O)[C@H]1O[C@@H]1O[C@@H](C)[C@H](OC(C)=O)[C@@H](OC(C)=O)[C@H]1OC(C)=O. The number of hydrogen-bond acceptors (Lipinski definition) is 14. The van der Waals surface area contributed by atoms with E-state index in [0.29, 0.717) is 0 Å². The first kappa shape index (κ1) is 28.9. The van der Waals surface area contributed by atoms with Gasteiger partial charge in [-0.15, -0.1) is 0 Å². The first-order valence-electron chi connectivity index (χ1n) is 10.9. The lowest BCUT2D eigenvalue weighted by molar-refractivity contribution is -0.362.